The number of nitro groups is 1. The van der Waals surface area contributed by atoms with E-state index in [2.05, 4.69) is 5.32 Å². The number of rotatable bonds is 5. The summed E-state index contributed by atoms with van der Waals surface area (Å²) in [5.41, 5.74) is -1.55. The van der Waals surface area contributed by atoms with Gasteiger partial charge >= 0.3 is 5.69 Å². The summed E-state index contributed by atoms with van der Waals surface area (Å²) in [7, 11) is 3.58. The summed E-state index contributed by atoms with van der Waals surface area (Å²) in [5.74, 6) is -3.19. The quantitative estimate of drug-likeness (QED) is 0.645. The van der Waals surface area contributed by atoms with E-state index in [0.29, 0.717) is 18.7 Å². The molecule has 104 valence electrons. The Bertz CT molecular complexity index is 506. The minimum Gasteiger partial charge on any atom is -0.351 e. The van der Waals surface area contributed by atoms with E-state index >= 15 is 0 Å². The number of amides is 1. The first-order valence-corrected chi connectivity index (χ1v) is 5.39. The van der Waals surface area contributed by atoms with Crippen molar-refractivity contribution >= 4 is 11.6 Å². The summed E-state index contributed by atoms with van der Waals surface area (Å²) in [4.78, 5) is 22.7. The molecule has 0 saturated heterocycles. The molecular weight excluding hydrogens is 260 g/mol. The highest BCUT2D eigenvalue weighted by molar-refractivity contribution is 5.94. The Labute approximate surface area is 108 Å². The van der Waals surface area contributed by atoms with Crippen molar-refractivity contribution in [2.24, 2.45) is 0 Å². The molecule has 0 bridgehead atoms. The molecule has 1 aromatic carbocycles. The molecule has 0 aromatic heterocycles. The van der Waals surface area contributed by atoms with Crippen LogP contribution in [0.1, 0.15) is 10.4 Å². The number of nitrogens with one attached hydrogen (secondary N) is 1. The van der Waals surface area contributed by atoms with Crippen LogP contribution in [0, 0.1) is 21.7 Å². The van der Waals surface area contributed by atoms with Crippen LogP contribution in [0.25, 0.3) is 0 Å². The minimum absolute atomic E-state index is 0.254. The second kappa shape index (κ2) is 6.19. The zero-order chi connectivity index (χ0) is 14.6. The predicted octanol–water partition coefficient (Wildman–Crippen LogP) is 1.16. The van der Waals surface area contributed by atoms with Crippen LogP contribution < -0.4 is 5.32 Å². The topological polar surface area (TPSA) is 75.5 Å². The Hall–Kier alpha value is -2.09. The largest absolute Gasteiger partial charge is 0.351 e. The lowest BCUT2D eigenvalue weighted by Crippen LogP contribution is -2.31. The first kappa shape index (κ1) is 15.0. The van der Waals surface area contributed by atoms with Gasteiger partial charge in [0.25, 0.3) is 5.91 Å². The Morgan fingerprint density at radius 2 is 2.00 bits per heavy atom. The molecule has 0 aliphatic carbocycles. The van der Waals surface area contributed by atoms with Gasteiger partial charge in [-0.3, -0.25) is 14.9 Å². The summed E-state index contributed by atoms with van der Waals surface area (Å²) >= 11 is 0. The van der Waals surface area contributed by atoms with Gasteiger partial charge in [0.1, 0.15) is 5.82 Å². The van der Waals surface area contributed by atoms with E-state index in [1.54, 1.807) is 19.0 Å². The molecule has 0 unspecified atom stereocenters. The van der Waals surface area contributed by atoms with Gasteiger partial charge < -0.3 is 10.2 Å². The molecule has 0 spiro atoms. The van der Waals surface area contributed by atoms with Gasteiger partial charge in [0.05, 0.1) is 16.6 Å². The highest BCUT2D eigenvalue weighted by Crippen LogP contribution is 2.21. The van der Waals surface area contributed by atoms with E-state index in [1.165, 1.54) is 0 Å². The third-order valence-corrected chi connectivity index (χ3v) is 2.32. The fraction of sp³-hybridized carbons (Fsp3) is 0.364. The van der Waals surface area contributed by atoms with Gasteiger partial charge in [-0.15, -0.1) is 0 Å². The number of hydrogen-bond acceptors (Lipinski definition) is 4. The third kappa shape index (κ3) is 3.95. The average molecular weight is 273 g/mol. The van der Waals surface area contributed by atoms with E-state index in [0.717, 1.165) is 0 Å². The zero-order valence-electron chi connectivity index (χ0n) is 10.4. The molecule has 0 radical (unpaired) electrons. The van der Waals surface area contributed by atoms with Crippen molar-refractivity contribution in [3.63, 3.8) is 0 Å². The first-order chi connectivity index (χ1) is 8.82. The Balaban J connectivity index is 2.86. The summed E-state index contributed by atoms with van der Waals surface area (Å²) in [6.45, 7) is 0.784. The lowest BCUT2D eigenvalue weighted by molar-refractivity contribution is -0.387. The van der Waals surface area contributed by atoms with Gasteiger partial charge in [-0.05, 0) is 20.2 Å². The van der Waals surface area contributed by atoms with Crippen LogP contribution >= 0.6 is 0 Å². The molecule has 0 saturated carbocycles. The van der Waals surface area contributed by atoms with Crippen LogP contribution in [0.3, 0.4) is 0 Å². The van der Waals surface area contributed by atoms with Crippen LogP contribution in [0.15, 0.2) is 12.1 Å². The molecule has 1 amide bonds. The number of carbonyl (C=O) groups excluding carboxylic acids is 1. The second-order valence-electron chi connectivity index (χ2n) is 4.10. The summed E-state index contributed by atoms with van der Waals surface area (Å²) in [6, 6.07) is 0.925. The van der Waals surface area contributed by atoms with Gasteiger partial charge in [0, 0.05) is 13.1 Å². The number of nitro benzene ring substituents is 1. The number of halogens is 2. The lowest BCUT2D eigenvalue weighted by Gasteiger charge is -2.10. The number of nitrogens with zero attached hydrogens (tertiary/aromatic N) is 2. The summed E-state index contributed by atoms with van der Waals surface area (Å²) in [6.07, 6.45) is 0. The maximum atomic E-state index is 13.5. The molecule has 0 fully saturated rings. The maximum Gasteiger partial charge on any atom is 0.307 e. The molecule has 1 N–H and O–H groups in total. The van der Waals surface area contributed by atoms with Crippen LogP contribution in [-0.4, -0.2) is 42.9 Å². The number of hydrogen-bond donors (Lipinski definition) is 1. The fourth-order valence-electron chi connectivity index (χ4n) is 1.34. The fourth-order valence-corrected chi connectivity index (χ4v) is 1.34. The van der Waals surface area contributed by atoms with Crippen LogP contribution in [0.4, 0.5) is 14.5 Å². The molecule has 6 nitrogen and oxygen atoms in total. The molecule has 1 rings (SSSR count). The molecular formula is C11H13F2N3O3. The predicted molar refractivity (Wildman–Crippen MR) is 63.9 cm³/mol. The Kier molecular flexibility index (Phi) is 4.87. The lowest BCUT2D eigenvalue weighted by atomic mass is 10.1. The SMILES string of the molecule is CN(C)CCNC(=O)c1cc(F)c([N+](=O)[O-])cc1F. The third-order valence-electron chi connectivity index (χ3n) is 2.32. The molecule has 19 heavy (non-hydrogen) atoms. The van der Waals surface area contributed by atoms with Gasteiger partial charge in [-0.25, -0.2) is 4.39 Å². The van der Waals surface area contributed by atoms with E-state index < -0.39 is 33.7 Å². The molecule has 0 aliphatic heterocycles. The van der Waals surface area contributed by atoms with E-state index in [9.17, 15) is 23.7 Å². The molecule has 1 aromatic rings. The highest BCUT2D eigenvalue weighted by atomic mass is 19.1. The van der Waals surface area contributed by atoms with Gasteiger partial charge in [0.15, 0.2) is 0 Å². The molecule has 0 aliphatic rings. The van der Waals surface area contributed by atoms with E-state index in [-0.39, 0.29) is 6.54 Å². The van der Waals surface area contributed by atoms with Crippen LogP contribution in [0.5, 0.6) is 0 Å². The highest BCUT2D eigenvalue weighted by Gasteiger charge is 2.21. The molecule has 0 atom stereocenters. The first-order valence-electron chi connectivity index (χ1n) is 5.39. The number of likely N-dealkylation sites (N-methyl/N-ethyl adjacent to an activating group) is 1. The van der Waals surface area contributed by atoms with Crippen molar-refractivity contribution < 1.29 is 18.5 Å². The number of carbonyl (C=O) groups is 1. The van der Waals surface area contributed by atoms with Gasteiger partial charge in [0.2, 0.25) is 5.82 Å². The summed E-state index contributed by atoms with van der Waals surface area (Å²) in [5, 5.41) is 12.8. The number of benzene rings is 1. The smallest absolute Gasteiger partial charge is 0.307 e. The monoisotopic (exact) mass is 273 g/mol. The average Bonchev–Trinajstić information content (AvgIpc) is 2.30. The van der Waals surface area contributed by atoms with E-state index in [4.69, 9.17) is 0 Å². The maximum absolute atomic E-state index is 13.5. The van der Waals surface area contributed by atoms with Crippen molar-refractivity contribution in [3.05, 3.63) is 39.4 Å². The van der Waals surface area contributed by atoms with Crippen molar-refractivity contribution in [3.8, 4) is 0 Å². The van der Waals surface area contributed by atoms with Crippen molar-refractivity contribution in [2.75, 3.05) is 27.2 Å². The van der Waals surface area contributed by atoms with Crippen LogP contribution in [0.2, 0.25) is 0 Å². The molecule has 8 heteroatoms. The van der Waals surface area contributed by atoms with Crippen molar-refractivity contribution in [2.45, 2.75) is 0 Å². The standard InChI is InChI=1S/C11H13F2N3O3/c1-15(2)4-3-14-11(17)7-5-9(13)10(16(18)19)6-8(7)12/h5-6H,3-4H2,1-2H3,(H,14,17). The Morgan fingerprint density at radius 3 is 2.53 bits per heavy atom. The Morgan fingerprint density at radius 1 is 1.37 bits per heavy atom. The van der Waals surface area contributed by atoms with E-state index in [1.807, 2.05) is 0 Å². The summed E-state index contributed by atoms with van der Waals surface area (Å²) < 4.78 is 26.8. The van der Waals surface area contributed by atoms with Crippen molar-refractivity contribution in [1.29, 1.82) is 0 Å². The minimum atomic E-state index is -1.25. The normalized spacial score (nSPS) is 10.6. The molecule has 0 heterocycles. The second-order valence-corrected chi connectivity index (χ2v) is 4.10. The van der Waals surface area contributed by atoms with Gasteiger partial charge in [-0.1, -0.05) is 0 Å². The van der Waals surface area contributed by atoms with Crippen molar-refractivity contribution in [1.82, 2.24) is 10.2 Å². The van der Waals surface area contributed by atoms with Crippen LogP contribution in [-0.2, 0) is 0 Å². The van der Waals surface area contributed by atoms with Gasteiger partial charge in [-0.2, -0.15) is 4.39 Å². The zero-order valence-corrected chi connectivity index (χ0v) is 10.4.